The van der Waals surface area contributed by atoms with E-state index in [1.807, 2.05) is 6.07 Å². The molecular weight excluding hydrogens is 316 g/mol. The second kappa shape index (κ2) is 8.64. The van der Waals surface area contributed by atoms with E-state index in [0.717, 1.165) is 24.4 Å². The van der Waals surface area contributed by atoms with Crippen LogP contribution in [0, 0.1) is 4.77 Å². The maximum absolute atomic E-state index is 12.7. The summed E-state index contributed by atoms with van der Waals surface area (Å²) in [4.78, 5) is 14.4. The molecule has 7 nitrogen and oxygen atoms in total. The second-order valence-corrected chi connectivity index (χ2v) is 5.56. The molecule has 2 aromatic rings. The van der Waals surface area contributed by atoms with Gasteiger partial charge in [0.15, 0.2) is 4.77 Å². The number of furan rings is 1. The standard InChI is InChI=1S/C15H22N4O3S/c1-3-5-13-16-17-15(23)19(13)11-14(20)18(7-9-21-2)10-12-6-4-8-22-12/h4,6,8H,3,5,7,9-11H2,1-2H3,(H,17,23). The van der Waals surface area contributed by atoms with Crippen LogP contribution >= 0.6 is 12.2 Å². The van der Waals surface area contributed by atoms with Crippen LogP contribution in [0.15, 0.2) is 22.8 Å². The van der Waals surface area contributed by atoms with Crippen LogP contribution in [0.5, 0.6) is 0 Å². The molecular formula is C15H22N4O3S. The van der Waals surface area contributed by atoms with Crippen molar-refractivity contribution in [2.24, 2.45) is 0 Å². The van der Waals surface area contributed by atoms with Crippen molar-refractivity contribution in [2.75, 3.05) is 20.3 Å². The molecule has 0 aromatic carbocycles. The first-order chi connectivity index (χ1) is 11.2. The summed E-state index contributed by atoms with van der Waals surface area (Å²) in [5.74, 6) is 1.49. The molecule has 0 bridgehead atoms. The normalized spacial score (nSPS) is 10.9. The molecule has 23 heavy (non-hydrogen) atoms. The molecule has 0 atom stereocenters. The van der Waals surface area contributed by atoms with Crippen LogP contribution in [0.1, 0.15) is 24.9 Å². The summed E-state index contributed by atoms with van der Waals surface area (Å²) < 4.78 is 12.6. The van der Waals surface area contributed by atoms with Crippen LogP contribution in [0.2, 0.25) is 0 Å². The van der Waals surface area contributed by atoms with Gasteiger partial charge in [0.2, 0.25) is 5.91 Å². The first-order valence-electron chi connectivity index (χ1n) is 7.58. The van der Waals surface area contributed by atoms with E-state index in [2.05, 4.69) is 17.1 Å². The monoisotopic (exact) mass is 338 g/mol. The Hall–Kier alpha value is -1.93. The fourth-order valence-corrected chi connectivity index (χ4v) is 2.46. The van der Waals surface area contributed by atoms with Crippen LogP contribution in [-0.2, 0) is 29.0 Å². The van der Waals surface area contributed by atoms with Gasteiger partial charge in [-0.3, -0.25) is 14.5 Å². The van der Waals surface area contributed by atoms with Crippen molar-refractivity contribution >= 4 is 18.1 Å². The number of hydrogen-bond acceptors (Lipinski definition) is 5. The van der Waals surface area contributed by atoms with Crippen molar-refractivity contribution in [1.82, 2.24) is 19.7 Å². The van der Waals surface area contributed by atoms with E-state index in [1.54, 1.807) is 28.9 Å². The summed E-state index contributed by atoms with van der Waals surface area (Å²) in [7, 11) is 1.61. The number of nitrogens with one attached hydrogen (secondary N) is 1. The molecule has 0 saturated heterocycles. The van der Waals surface area contributed by atoms with Gasteiger partial charge < -0.3 is 14.1 Å². The van der Waals surface area contributed by atoms with Crippen molar-refractivity contribution in [3.63, 3.8) is 0 Å². The van der Waals surface area contributed by atoms with Gasteiger partial charge in [-0.05, 0) is 30.8 Å². The fraction of sp³-hybridized carbons (Fsp3) is 0.533. The van der Waals surface area contributed by atoms with Gasteiger partial charge in [0.05, 0.1) is 19.4 Å². The molecule has 0 spiro atoms. The fourth-order valence-electron chi connectivity index (χ4n) is 2.25. The lowest BCUT2D eigenvalue weighted by Crippen LogP contribution is -2.36. The predicted molar refractivity (Wildman–Crippen MR) is 87.4 cm³/mol. The van der Waals surface area contributed by atoms with Gasteiger partial charge in [-0.25, -0.2) is 0 Å². The van der Waals surface area contributed by atoms with E-state index in [1.165, 1.54) is 0 Å². The molecule has 0 fully saturated rings. The number of hydrogen-bond donors (Lipinski definition) is 1. The molecule has 0 aliphatic carbocycles. The Balaban J connectivity index is 2.10. The Labute approximate surface area is 140 Å². The molecule has 0 aliphatic rings. The number of nitrogens with zero attached hydrogens (tertiary/aromatic N) is 3. The quantitative estimate of drug-likeness (QED) is 0.709. The maximum atomic E-state index is 12.7. The lowest BCUT2D eigenvalue weighted by Gasteiger charge is -2.21. The maximum Gasteiger partial charge on any atom is 0.243 e. The Bertz CT molecular complexity index is 663. The number of aryl methyl sites for hydroxylation is 1. The van der Waals surface area contributed by atoms with Crippen LogP contribution in [-0.4, -0.2) is 45.8 Å². The minimum atomic E-state index is -0.0479. The largest absolute Gasteiger partial charge is 0.467 e. The van der Waals surface area contributed by atoms with Crippen molar-refractivity contribution < 1.29 is 13.9 Å². The van der Waals surface area contributed by atoms with Gasteiger partial charge in [-0.15, -0.1) is 0 Å². The Morgan fingerprint density at radius 1 is 1.57 bits per heavy atom. The topological polar surface area (TPSA) is 76.3 Å². The molecule has 126 valence electrons. The van der Waals surface area contributed by atoms with E-state index >= 15 is 0 Å². The number of aromatic nitrogens is 3. The highest BCUT2D eigenvalue weighted by atomic mass is 32.1. The Kier molecular flexibility index (Phi) is 6.54. The van der Waals surface area contributed by atoms with Crippen molar-refractivity contribution in [2.45, 2.75) is 32.9 Å². The molecule has 1 amide bonds. The van der Waals surface area contributed by atoms with Crippen molar-refractivity contribution in [3.05, 3.63) is 34.8 Å². The van der Waals surface area contributed by atoms with Crippen molar-refractivity contribution in [1.29, 1.82) is 0 Å². The number of aromatic amines is 1. The molecule has 0 aliphatic heterocycles. The number of ether oxygens (including phenoxy) is 1. The van der Waals surface area contributed by atoms with Gasteiger partial charge in [-0.2, -0.15) is 5.10 Å². The highest BCUT2D eigenvalue weighted by Gasteiger charge is 2.18. The van der Waals surface area contributed by atoms with Crippen molar-refractivity contribution in [3.8, 4) is 0 Å². The summed E-state index contributed by atoms with van der Waals surface area (Å²) in [5.41, 5.74) is 0. The lowest BCUT2D eigenvalue weighted by molar-refractivity contribution is -0.133. The molecule has 1 N–H and O–H groups in total. The molecule has 8 heteroatoms. The highest BCUT2D eigenvalue weighted by Crippen LogP contribution is 2.08. The van der Waals surface area contributed by atoms with Gasteiger partial charge in [0.1, 0.15) is 18.1 Å². The first kappa shape index (κ1) is 17.4. The number of carbonyl (C=O) groups excluding carboxylic acids is 1. The third-order valence-electron chi connectivity index (χ3n) is 3.45. The van der Waals surface area contributed by atoms with Crippen LogP contribution in [0.3, 0.4) is 0 Å². The van der Waals surface area contributed by atoms with Gasteiger partial charge >= 0.3 is 0 Å². The highest BCUT2D eigenvalue weighted by molar-refractivity contribution is 7.71. The van der Waals surface area contributed by atoms with Gasteiger partial charge in [0, 0.05) is 20.1 Å². The average molecular weight is 338 g/mol. The molecule has 2 rings (SSSR count). The molecule has 0 radical (unpaired) electrons. The van der Waals surface area contributed by atoms with Crippen LogP contribution in [0.25, 0.3) is 0 Å². The lowest BCUT2D eigenvalue weighted by atomic mass is 10.3. The summed E-state index contributed by atoms with van der Waals surface area (Å²) in [6.07, 6.45) is 3.31. The first-order valence-corrected chi connectivity index (χ1v) is 7.99. The number of rotatable bonds is 9. The average Bonchev–Trinajstić information content (AvgIpc) is 3.16. The molecule has 0 saturated carbocycles. The Morgan fingerprint density at radius 2 is 2.39 bits per heavy atom. The van der Waals surface area contributed by atoms with Crippen LogP contribution in [0.4, 0.5) is 0 Å². The predicted octanol–water partition coefficient (Wildman–Crippen LogP) is 2.16. The zero-order valence-electron chi connectivity index (χ0n) is 13.4. The SMILES string of the molecule is CCCc1n[nH]c(=S)n1CC(=O)N(CCOC)Cc1ccco1. The third-order valence-corrected chi connectivity index (χ3v) is 3.76. The number of carbonyl (C=O) groups is 1. The van der Waals surface area contributed by atoms with Gasteiger partial charge in [0.25, 0.3) is 0 Å². The minimum Gasteiger partial charge on any atom is -0.467 e. The summed E-state index contributed by atoms with van der Waals surface area (Å²) >= 11 is 5.23. The summed E-state index contributed by atoms with van der Waals surface area (Å²) in [6.45, 7) is 3.58. The number of methoxy groups -OCH3 is 1. The molecule has 2 aromatic heterocycles. The minimum absolute atomic E-state index is 0.0479. The van der Waals surface area contributed by atoms with Crippen LogP contribution < -0.4 is 0 Å². The van der Waals surface area contributed by atoms with E-state index in [4.69, 9.17) is 21.4 Å². The van der Waals surface area contributed by atoms with E-state index < -0.39 is 0 Å². The third kappa shape index (κ3) is 4.77. The molecule has 2 heterocycles. The number of amides is 1. The van der Waals surface area contributed by atoms with E-state index in [0.29, 0.717) is 24.5 Å². The van der Waals surface area contributed by atoms with E-state index in [9.17, 15) is 4.79 Å². The summed E-state index contributed by atoms with van der Waals surface area (Å²) in [5, 5.41) is 6.94. The second-order valence-electron chi connectivity index (χ2n) is 5.17. The van der Waals surface area contributed by atoms with Gasteiger partial charge in [-0.1, -0.05) is 6.92 Å². The smallest absolute Gasteiger partial charge is 0.243 e. The molecule has 0 unspecified atom stereocenters. The van der Waals surface area contributed by atoms with E-state index in [-0.39, 0.29) is 12.5 Å². The zero-order valence-corrected chi connectivity index (χ0v) is 14.3. The zero-order chi connectivity index (χ0) is 16.7. The summed E-state index contributed by atoms with van der Waals surface area (Å²) in [6, 6.07) is 3.65. The Morgan fingerprint density at radius 3 is 3.04 bits per heavy atom. The number of H-pyrrole nitrogens is 1.